The topological polar surface area (TPSA) is 64.3 Å². The summed E-state index contributed by atoms with van der Waals surface area (Å²) in [5, 5.41) is 3.07. The van der Waals surface area contributed by atoms with Crippen LogP contribution in [0.5, 0.6) is 0 Å². The van der Waals surface area contributed by atoms with Gasteiger partial charge < -0.3 is 15.8 Å². The Hall–Kier alpha value is -1.62. The number of thiocarbonyl (C=S) groups is 1. The van der Waals surface area contributed by atoms with Crippen LogP contribution < -0.4 is 11.1 Å². The van der Waals surface area contributed by atoms with Gasteiger partial charge in [0.15, 0.2) is 5.11 Å². The Morgan fingerprint density at radius 2 is 2.07 bits per heavy atom. The van der Waals surface area contributed by atoms with Crippen LogP contribution in [0.25, 0.3) is 0 Å². The van der Waals surface area contributed by atoms with Crippen molar-refractivity contribution < 1.29 is 9.53 Å². The Bertz CT molecular complexity index is 362. The summed E-state index contributed by atoms with van der Waals surface area (Å²) in [6.45, 7) is 0.552. The number of carbonyl (C=O) groups is 1. The van der Waals surface area contributed by atoms with Crippen LogP contribution in [0.1, 0.15) is 15.9 Å². The predicted molar refractivity (Wildman–Crippen MR) is 61.4 cm³/mol. The summed E-state index contributed by atoms with van der Waals surface area (Å²) in [7, 11) is 1.35. The number of nitrogens with two attached hydrogens (primary N) is 1. The highest BCUT2D eigenvalue weighted by Crippen LogP contribution is 2.05. The molecule has 80 valence electrons. The first kappa shape index (κ1) is 11.5. The number of rotatable bonds is 3. The van der Waals surface area contributed by atoms with E-state index in [4.69, 9.17) is 5.73 Å². The largest absolute Gasteiger partial charge is 0.465 e. The zero-order valence-electron chi connectivity index (χ0n) is 8.32. The average molecular weight is 224 g/mol. The van der Waals surface area contributed by atoms with E-state index in [1.807, 2.05) is 12.1 Å². The van der Waals surface area contributed by atoms with E-state index in [0.29, 0.717) is 12.1 Å². The van der Waals surface area contributed by atoms with Crippen molar-refractivity contribution >= 4 is 23.3 Å². The molecule has 0 amide bonds. The molecule has 0 aromatic heterocycles. The van der Waals surface area contributed by atoms with Crippen molar-refractivity contribution in [1.82, 2.24) is 5.32 Å². The Morgan fingerprint density at radius 3 is 2.53 bits per heavy atom. The van der Waals surface area contributed by atoms with Gasteiger partial charge in [-0.05, 0) is 29.9 Å². The maximum atomic E-state index is 11.1. The van der Waals surface area contributed by atoms with E-state index >= 15 is 0 Å². The van der Waals surface area contributed by atoms with Crippen molar-refractivity contribution in [2.75, 3.05) is 7.11 Å². The fourth-order valence-corrected chi connectivity index (χ4v) is 1.14. The van der Waals surface area contributed by atoms with Gasteiger partial charge in [-0.15, -0.1) is 0 Å². The molecule has 0 heterocycles. The van der Waals surface area contributed by atoms with Gasteiger partial charge in [-0.3, -0.25) is 0 Å². The van der Waals surface area contributed by atoms with E-state index in [1.54, 1.807) is 12.1 Å². The summed E-state index contributed by atoms with van der Waals surface area (Å²) in [4.78, 5) is 11.1. The molecule has 3 N–H and O–H groups in total. The van der Waals surface area contributed by atoms with Crippen molar-refractivity contribution in [1.29, 1.82) is 0 Å². The molecule has 1 aromatic rings. The van der Waals surface area contributed by atoms with Crippen LogP contribution in [-0.2, 0) is 11.3 Å². The Labute approximate surface area is 93.4 Å². The molecule has 0 unspecified atom stereocenters. The summed E-state index contributed by atoms with van der Waals surface area (Å²) < 4.78 is 4.58. The molecule has 4 nitrogen and oxygen atoms in total. The summed E-state index contributed by atoms with van der Waals surface area (Å²) in [6.07, 6.45) is 0. The lowest BCUT2D eigenvalue weighted by Gasteiger charge is -2.04. The molecular formula is C10H12N2O2S. The standard InChI is InChI=1S/C10H12N2O2S/c1-14-9(13)8-4-2-7(3-5-8)6-12-10(11)15/h2-5H,6H2,1H3,(H3,11,12,15). The monoisotopic (exact) mass is 224 g/mol. The molecule has 0 saturated heterocycles. The van der Waals surface area contributed by atoms with Gasteiger partial charge >= 0.3 is 5.97 Å². The number of hydrogen-bond acceptors (Lipinski definition) is 3. The van der Waals surface area contributed by atoms with Crippen molar-refractivity contribution in [3.63, 3.8) is 0 Å². The number of carbonyl (C=O) groups excluding carboxylic acids is 1. The molecule has 15 heavy (non-hydrogen) atoms. The number of hydrogen-bond donors (Lipinski definition) is 2. The van der Waals surface area contributed by atoms with Gasteiger partial charge in [0.25, 0.3) is 0 Å². The van der Waals surface area contributed by atoms with Crippen LogP contribution in [0.2, 0.25) is 0 Å². The molecule has 0 radical (unpaired) electrons. The minimum atomic E-state index is -0.344. The molecule has 0 aliphatic heterocycles. The predicted octanol–water partition coefficient (Wildman–Crippen LogP) is 0.806. The third kappa shape index (κ3) is 3.55. The van der Waals surface area contributed by atoms with Crippen molar-refractivity contribution in [3.05, 3.63) is 35.4 Å². The maximum Gasteiger partial charge on any atom is 0.337 e. The molecular weight excluding hydrogens is 212 g/mol. The second-order valence-electron chi connectivity index (χ2n) is 2.91. The van der Waals surface area contributed by atoms with Gasteiger partial charge in [-0.2, -0.15) is 0 Å². The maximum absolute atomic E-state index is 11.1. The molecule has 0 bridgehead atoms. The van der Waals surface area contributed by atoms with E-state index in [-0.39, 0.29) is 11.1 Å². The summed E-state index contributed by atoms with van der Waals surface area (Å²) in [5.74, 6) is -0.344. The fourth-order valence-electron chi connectivity index (χ4n) is 1.07. The van der Waals surface area contributed by atoms with E-state index in [9.17, 15) is 4.79 Å². The van der Waals surface area contributed by atoms with E-state index in [1.165, 1.54) is 7.11 Å². The zero-order valence-corrected chi connectivity index (χ0v) is 9.14. The third-order valence-electron chi connectivity index (χ3n) is 1.84. The summed E-state index contributed by atoms with van der Waals surface area (Å²) in [6, 6.07) is 7.03. The highest BCUT2D eigenvalue weighted by molar-refractivity contribution is 7.80. The second-order valence-corrected chi connectivity index (χ2v) is 3.35. The first-order valence-electron chi connectivity index (χ1n) is 4.34. The van der Waals surface area contributed by atoms with Crippen molar-refractivity contribution in [2.45, 2.75) is 6.54 Å². The molecule has 0 aliphatic rings. The Balaban J connectivity index is 2.64. The van der Waals surface area contributed by atoms with Gasteiger partial charge in [0, 0.05) is 6.54 Å². The minimum absolute atomic E-state index is 0.257. The SMILES string of the molecule is COC(=O)c1ccc(CNC(N)=S)cc1. The Kier molecular flexibility index (Phi) is 4.05. The first-order valence-corrected chi connectivity index (χ1v) is 4.75. The van der Waals surface area contributed by atoms with Crippen molar-refractivity contribution in [2.24, 2.45) is 5.73 Å². The number of nitrogens with one attached hydrogen (secondary N) is 1. The number of esters is 1. The molecule has 1 aromatic carbocycles. The fraction of sp³-hybridized carbons (Fsp3) is 0.200. The summed E-state index contributed by atoms with van der Waals surface area (Å²) in [5.41, 5.74) is 6.81. The van der Waals surface area contributed by atoms with Gasteiger partial charge in [0.05, 0.1) is 12.7 Å². The van der Waals surface area contributed by atoms with E-state index < -0.39 is 0 Å². The quantitative estimate of drug-likeness (QED) is 0.587. The lowest BCUT2D eigenvalue weighted by atomic mass is 10.1. The lowest BCUT2D eigenvalue weighted by molar-refractivity contribution is 0.0600. The van der Waals surface area contributed by atoms with E-state index in [0.717, 1.165) is 5.56 Å². The van der Waals surface area contributed by atoms with Crippen molar-refractivity contribution in [3.8, 4) is 0 Å². The normalized spacial score (nSPS) is 9.40. The molecule has 0 atom stereocenters. The number of ether oxygens (including phenoxy) is 1. The van der Waals surface area contributed by atoms with Gasteiger partial charge in [0.2, 0.25) is 0 Å². The van der Waals surface area contributed by atoms with Gasteiger partial charge in [-0.25, -0.2) is 4.79 Å². The number of methoxy groups -OCH3 is 1. The van der Waals surface area contributed by atoms with Crippen LogP contribution in [0.15, 0.2) is 24.3 Å². The molecule has 0 fully saturated rings. The second kappa shape index (κ2) is 5.31. The van der Waals surface area contributed by atoms with Crippen LogP contribution in [-0.4, -0.2) is 18.2 Å². The van der Waals surface area contributed by atoms with Crippen LogP contribution in [0, 0.1) is 0 Å². The zero-order chi connectivity index (χ0) is 11.3. The average Bonchev–Trinajstić information content (AvgIpc) is 2.26. The Morgan fingerprint density at radius 1 is 1.47 bits per heavy atom. The first-order chi connectivity index (χ1) is 7.13. The minimum Gasteiger partial charge on any atom is -0.465 e. The van der Waals surface area contributed by atoms with Gasteiger partial charge in [0.1, 0.15) is 0 Å². The molecule has 0 saturated carbocycles. The van der Waals surface area contributed by atoms with Crippen LogP contribution >= 0.6 is 12.2 Å². The highest BCUT2D eigenvalue weighted by atomic mass is 32.1. The molecule has 0 spiro atoms. The summed E-state index contributed by atoms with van der Waals surface area (Å²) >= 11 is 4.67. The van der Waals surface area contributed by atoms with Gasteiger partial charge in [-0.1, -0.05) is 12.1 Å². The molecule has 5 heteroatoms. The lowest BCUT2D eigenvalue weighted by Crippen LogP contribution is -2.28. The molecule has 1 rings (SSSR count). The van der Waals surface area contributed by atoms with Crippen LogP contribution in [0.4, 0.5) is 0 Å². The number of benzene rings is 1. The van der Waals surface area contributed by atoms with Crippen LogP contribution in [0.3, 0.4) is 0 Å². The molecule has 0 aliphatic carbocycles. The smallest absolute Gasteiger partial charge is 0.337 e. The third-order valence-corrected chi connectivity index (χ3v) is 1.99. The highest BCUT2D eigenvalue weighted by Gasteiger charge is 2.03. The van der Waals surface area contributed by atoms with E-state index in [2.05, 4.69) is 22.3 Å².